The van der Waals surface area contributed by atoms with Crippen molar-refractivity contribution in [3.05, 3.63) is 68.1 Å². The van der Waals surface area contributed by atoms with Crippen LogP contribution in [0.1, 0.15) is 27.0 Å². The Labute approximate surface area is 136 Å². The number of benzene rings is 2. The van der Waals surface area contributed by atoms with Crippen molar-refractivity contribution in [1.29, 1.82) is 0 Å². The van der Waals surface area contributed by atoms with E-state index in [1.165, 1.54) is 11.1 Å². The number of carbonyl (C=O) groups is 1. The van der Waals surface area contributed by atoms with Crippen molar-refractivity contribution >= 4 is 33.4 Å². The van der Waals surface area contributed by atoms with Gasteiger partial charge in [0, 0.05) is 34.7 Å². The molecule has 1 heterocycles. The summed E-state index contributed by atoms with van der Waals surface area (Å²) in [5.74, 6) is -0.128. The van der Waals surface area contributed by atoms with Gasteiger partial charge in [-0.25, -0.2) is 0 Å². The Kier molecular flexibility index (Phi) is 4.29. The summed E-state index contributed by atoms with van der Waals surface area (Å²) in [6.45, 7) is 2.34. The van der Waals surface area contributed by atoms with Gasteiger partial charge in [0.1, 0.15) is 0 Å². The van der Waals surface area contributed by atoms with E-state index in [9.17, 15) is 4.79 Å². The van der Waals surface area contributed by atoms with Gasteiger partial charge in [0.15, 0.2) is 0 Å². The van der Waals surface area contributed by atoms with Gasteiger partial charge in [-0.2, -0.15) is 0 Å². The number of carbonyl (C=O) groups excluding carboxylic acids is 1. The average Bonchev–Trinajstić information content (AvgIpc) is 2.91. The van der Waals surface area contributed by atoms with Crippen LogP contribution in [0.2, 0.25) is 5.02 Å². The number of hydrogen-bond donors (Lipinski definition) is 2. The van der Waals surface area contributed by atoms with Gasteiger partial charge in [-0.1, -0.05) is 45.7 Å². The van der Waals surface area contributed by atoms with Crippen LogP contribution < -0.4 is 10.6 Å². The predicted molar refractivity (Wildman–Crippen MR) is 87.3 cm³/mol. The Bertz CT molecular complexity index is 682. The molecular formula is C16H14BrClN2O. The van der Waals surface area contributed by atoms with Crippen LogP contribution in [0, 0.1) is 0 Å². The smallest absolute Gasteiger partial charge is 0.251 e. The van der Waals surface area contributed by atoms with Gasteiger partial charge in [0.2, 0.25) is 0 Å². The van der Waals surface area contributed by atoms with Crippen LogP contribution in [-0.2, 0) is 19.6 Å². The number of rotatable bonds is 3. The molecule has 0 saturated heterocycles. The van der Waals surface area contributed by atoms with Crippen LogP contribution in [-0.4, -0.2) is 5.91 Å². The molecule has 3 rings (SSSR count). The molecule has 108 valence electrons. The Hall–Kier alpha value is -1.36. The van der Waals surface area contributed by atoms with Crippen LogP contribution in [0.3, 0.4) is 0 Å². The summed E-state index contributed by atoms with van der Waals surface area (Å²) in [6, 6.07) is 11.5. The molecule has 0 bridgehead atoms. The van der Waals surface area contributed by atoms with Gasteiger partial charge in [0.05, 0.1) is 0 Å². The maximum Gasteiger partial charge on any atom is 0.251 e. The minimum Gasteiger partial charge on any atom is -0.348 e. The van der Waals surface area contributed by atoms with Crippen molar-refractivity contribution in [2.24, 2.45) is 0 Å². The average molecular weight is 366 g/mol. The lowest BCUT2D eigenvalue weighted by atomic mass is 10.1. The molecule has 1 amide bonds. The van der Waals surface area contributed by atoms with Crippen molar-refractivity contribution in [1.82, 2.24) is 10.6 Å². The molecule has 1 aliphatic heterocycles. The Morgan fingerprint density at radius 3 is 2.81 bits per heavy atom. The summed E-state index contributed by atoms with van der Waals surface area (Å²) in [7, 11) is 0. The monoisotopic (exact) mass is 364 g/mol. The van der Waals surface area contributed by atoms with Crippen molar-refractivity contribution in [2.75, 3.05) is 0 Å². The maximum atomic E-state index is 12.2. The summed E-state index contributed by atoms with van der Waals surface area (Å²) < 4.78 is 0.795. The van der Waals surface area contributed by atoms with Gasteiger partial charge in [-0.3, -0.25) is 4.79 Å². The standard InChI is InChI=1S/C16H14BrClN2O/c17-14-4-12(5-15(18)6-14)16(21)20-7-10-1-2-11-8-19-9-13(11)3-10/h1-6,19H,7-9H2,(H,20,21). The summed E-state index contributed by atoms with van der Waals surface area (Å²) in [5, 5.41) is 6.77. The summed E-state index contributed by atoms with van der Waals surface area (Å²) >= 11 is 9.30. The molecule has 5 heteroatoms. The largest absolute Gasteiger partial charge is 0.348 e. The third-order valence-corrected chi connectivity index (χ3v) is 4.16. The third kappa shape index (κ3) is 3.46. The quantitative estimate of drug-likeness (QED) is 0.872. The summed E-state index contributed by atoms with van der Waals surface area (Å²) in [6.07, 6.45) is 0. The van der Waals surface area contributed by atoms with E-state index in [4.69, 9.17) is 11.6 Å². The first-order chi connectivity index (χ1) is 10.1. The van der Waals surface area contributed by atoms with Crippen LogP contribution >= 0.6 is 27.5 Å². The minimum absolute atomic E-state index is 0.128. The molecule has 21 heavy (non-hydrogen) atoms. The zero-order chi connectivity index (χ0) is 14.8. The number of nitrogens with one attached hydrogen (secondary N) is 2. The molecular weight excluding hydrogens is 352 g/mol. The predicted octanol–water partition coefficient (Wildman–Crippen LogP) is 3.64. The first-order valence-electron chi connectivity index (χ1n) is 6.67. The molecule has 0 saturated carbocycles. The maximum absolute atomic E-state index is 12.2. The van der Waals surface area contributed by atoms with Crippen molar-refractivity contribution in [3.63, 3.8) is 0 Å². The molecule has 2 aromatic rings. The number of amides is 1. The Morgan fingerprint density at radius 2 is 2.00 bits per heavy atom. The fraction of sp³-hybridized carbons (Fsp3) is 0.188. The molecule has 2 N–H and O–H groups in total. The summed E-state index contributed by atoms with van der Waals surface area (Å²) in [4.78, 5) is 12.2. The number of halogens is 2. The van der Waals surface area contributed by atoms with E-state index >= 15 is 0 Å². The van der Waals surface area contributed by atoms with Crippen LogP contribution in [0.5, 0.6) is 0 Å². The van der Waals surface area contributed by atoms with Crippen LogP contribution in [0.15, 0.2) is 40.9 Å². The van der Waals surface area contributed by atoms with Crippen LogP contribution in [0.4, 0.5) is 0 Å². The lowest BCUT2D eigenvalue weighted by Gasteiger charge is -2.08. The first kappa shape index (κ1) is 14.6. The molecule has 0 spiro atoms. The van der Waals surface area contributed by atoms with E-state index in [0.717, 1.165) is 23.1 Å². The molecule has 0 aliphatic carbocycles. The van der Waals surface area contributed by atoms with Crippen molar-refractivity contribution in [2.45, 2.75) is 19.6 Å². The second-order valence-corrected chi connectivity index (χ2v) is 6.40. The summed E-state index contributed by atoms with van der Waals surface area (Å²) in [5.41, 5.74) is 4.31. The van der Waals surface area contributed by atoms with E-state index in [1.54, 1.807) is 18.2 Å². The first-order valence-corrected chi connectivity index (χ1v) is 7.84. The highest BCUT2D eigenvalue weighted by atomic mass is 79.9. The highest BCUT2D eigenvalue weighted by Crippen LogP contribution is 2.20. The lowest BCUT2D eigenvalue weighted by Crippen LogP contribution is -2.22. The molecule has 2 aromatic carbocycles. The van der Waals surface area contributed by atoms with E-state index < -0.39 is 0 Å². The fourth-order valence-electron chi connectivity index (χ4n) is 2.43. The third-order valence-electron chi connectivity index (χ3n) is 3.48. The molecule has 1 aliphatic rings. The second kappa shape index (κ2) is 6.18. The van der Waals surface area contributed by atoms with Crippen LogP contribution in [0.25, 0.3) is 0 Å². The van der Waals surface area contributed by atoms with Gasteiger partial charge in [-0.05, 0) is 34.9 Å². The Balaban J connectivity index is 1.68. The highest BCUT2D eigenvalue weighted by Gasteiger charge is 2.11. The Morgan fingerprint density at radius 1 is 1.19 bits per heavy atom. The van der Waals surface area contributed by atoms with Gasteiger partial charge < -0.3 is 10.6 Å². The second-order valence-electron chi connectivity index (χ2n) is 5.05. The minimum atomic E-state index is -0.128. The van der Waals surface area contributed by atoms with Crippen molar-refractivity contribution < 1.29 is 4.79 Å². The van der Waals surface area contributed by atoms with Gasteiger partial charge >= 0.3 is 0 Å². The molecule has 3 nitrogen and oxygen atoms in total. The molecule has 0 radical (unpaired) electrons. The molecule has 0 unspecified atom stereocenters. The molecule has 0 atom stereocenters. The van der Waals surface area contributed by atoms with Crippen molar-refractivity contribution in [3.8, 4) is 0 Å². The van der Waals surface area contributed by atoms with Gasteiger partial charge in [0.25, 0.3) is 5.91 Å². The molecule has 0 fully saturated rings. The topological polar surface area (TPSA) is 41.1 Å². The SMILES string of the molecule is O=C(NCc1ccc2c(c1)CNC2)c1cc(Cl)cc(Br)c1. The lowest BCUT2D eigenvalue weighted by molar-refractivity contribution is 0.0951. The zero-order valence-electron chi connectivity index (χ0n) is 11.2. The van der Waals surface area contributed by atoms with E-state index in [-0.39, 0.29) is 5.91 Å². The highest BCUT2D eigenvalue weighted by molar-refractivity contribution is 9.10. The number of hydrogen-bond acceptors (Lipinski definition) is 2. The van der Waals surface area contributed by atoms with Gasteiger partial charge in [-0.15, -0.1) is 0 Å². The van der Waals surface area contributed by atoms with E-state index in [1.807, 2.05) is 0 Å². The van der Waals surface area contributed by atoms with E-state index in [2.05, 4.69) is 44.8 Å². The zero-order valence-corrected chi connectivity index (χ0v) is 13.6. The molecule has 0 aromatic heterocycles. The fourth-order valence-corrected chi connectivity index (χ4v) is 3.29. The normalized spacial score (nSPS) is 13.0. The number of fused-ring (bicyclic) bond motifs is 1. The van der Waals surface area contributed by atoms with E-state index in [0.29, 0.717) is 17.1 Å².